The largest absolute Gasteiger partial charge is 0.299 e. The summed E-state index contributed by atoms with van der Waals surface area (Å²) in [5.41, 5.74) is 0.562. The van der Waals surface area contributed by atoms with Crippen molar-refractivity contribution in [1.29, 1.82) is 0 Å². The van der Waals surface area contributed by atoms with E-state index in [9.17, 15) is 4.79 Å². The fraction of sp³-hybridized carbons (Fsp3) is 0.562. The first kappa shape index (κ1) is 15.8. The van der Waals surface area contributed by atoms with Gasteiger partial charge in [0.15, 0.2) is 5.78 Å². The highest BCUT2D eigenvalue weighted by atomic mass is 35.5. The van der Waals surface area contributed by atoms with E-state index in [0.29, 0.717) is 22.2 Å². The third-order valence-corrected chi connectivity index (χ3v) is 4.49. The van der Waals surface area contributed by atoms with Crippen molar-refractivity contribution < 1.29 is 4.79 Å². The van der Waals surface area contributed by atoms with Crippen molar-refractivity contribution in [1.82, 2.24) is 4.90 Å². The number of hydrogen-bond acceptors (Lipinski definition) is 2. The van der Waals surface area contributed by atoms with Gasteiger partial charge in [-0.05, 0) is 44.0 Å². The summed E-state index contributed by atoms with van der Waals surface area (Å²) in [4.78, 5) is 14.4. The minimum absolute atomic E-state index is 0.0602. The predicted molar refractivity (Wildman–Crippen MR) is 84.9 cm³/mol. The second-order valence-corrected chi connectivity index (χ2v) is 6.59. The van der Waals surface area contributed by atoms with Gasteiger partial charge >= 0.3 is 0 Å². The fourth-order valence-electron chi connectivity index (χ4n) is 2.92. The molecule has 0 spiro atoms. The Morgan fingerprint density at radius 2 is 1.95 bits per heavy atom. The van der Waals surface area contributed by atoms with E-state index in [2.05, 4.69) is 4.90 Å². The molecule has 0 N–H and O–H groups in total. The third kappa shape index (κ3) is 4.47. The van der Waals surface area contributed by atoms with Crippen LogP contribution in [-0.4, -0.2) is 30.8 Å². The normalized spacial score (nSPS) is 16.6. The van der Waals surface area contributed by atoms with Crippen LogP contribution in [0.3, 0.4) is 0 Å². The van der Waals surface area contributed by atoms with Crippen LogP contribution >= 0.6 is 23.2 Å². The Kier molecular flexibility index (Phi) is 5.88. The highest BCUT2D eigenvalue weighted by Crippen LogP contribution is 2.25. The van der Waals surface area contributed by atoms with E-state index in [0.717, 1.165) is 12.5 Å². The van der Waals surface area contributed by atoms with Gasteiger partial charge in [0, 0.05) is 17.1 Å². The van der Waals surface area contributed by atoms with E-state index in [-0.39, 0.29) is 5.78 Å². The maximum Gasteiger partial charge on any atom is 0.178 e. The lowest BCUT2D eigenvalue weighted by atomic mass is 9.89. The van der Waals surface area contributed by atoms with Gasteiger partial charge in [0.25, 0.3) is 0 Å². The Morgan fingerprint density at radius 1 is 1.25 bits per heavy atom. The minimum atomic E-state index is 0.0602. The lowest BCUT2D eigenvalue weighted by molar-refractivity contribution is 0.0932. The van der Waals surface area contributed by atoms with Crippen molar-refractivity contribution in [2.75, 3.05) is 20.1 Å². The summed E-state index contributed by atoms with van der Waals surface area (Å²) in [7, 11) is 2.01. The van der Waals surface area contributed by atoms with Crippen LogP contribution in [0.15, 0.2) is 18.2 Å². The number of likely N-dealkylation sites (N-methyl/N-ethyl adjacent to an activating group) is 1. The average Bonchev–Trinajstić information content (AvgIpc) is 2.39. The van der Waals surface area contributed by atoms with E-state index >= 15 is 0 Å². The number of benzene rings is 1. The summed E-state index contributed by atoms with van der Waals surface area (Å²) in [6, 6.07) is 5.04. The number of nitrogens with zero attached hydrogens (tertiary/aromatic N) is 1. The minimum Gasteiger partial charge on any atom is -0.299 e. The zero-order chi connectivity index (χ0) is 14.5. The van der Waals surface area contributed by atoms with Gasteiger partial charge < -0.3 is 0 Å². The highest BCUT2D eigenvalue weighted by molar-refractivity contribution is 6.36. The fourth-order valence-corrected chi connectivity index (χ4v) is 3.43. The number of carbonyl (C=O) groups is 1. The summed E-state index contributed by atoms with van der Waals surface area (Å²) in [5, 5.41) is 0.996. The number of halogens is 2. The number of ketones is 1. The maximum atomic E-state index is 12.3. The molecule has 110 valence electrons. The van der Waals surface area contributed by atoms with Crippen LogP contribution in [0.4, 0.5) is 0 Å². The summed E-state index contributed by atoms with van der Waals surface area (Å²) in [6.07, 6.45) is 6.60. The van der Waals surface area contributed by atoms with Crippen molar-refractivity contribution in [3.8, 4) is 0 Å². The van der Waals surface area contributed by atoms with Gasteiger partial charge in [-0.3, -0.25) is 9.69 Å². The summed E-state index contributed by atoms with van der Waals surface area (Å²) in [5.74, 6) is 0.798. The molecule has 1 aliphatic carbocycles. The van der Waals surface area contributed by atoms with Crippen LogP contribution in [-0.2, 0) is 0 Å². The van der Waals surface area contributed by atoms with Crippen molar-refractivity contribution in [3.05, 3.63) is 33.8 Å². The molecule has 1 aliphatic rings. The smallest absolute Gasteiger partial charge is 0.178 e. The molecule has 2 rings (SSSR count). The molecule has 1 aromatic carbocycles. The molecule has 0 aromatic heterocycles. The van der Waals surface area contributed by atoms with E-state index < -0.39 is 0 Å². The number of Topliss-reactive ketones (excluding diaryl/α,β-unsaturated/α-hetero) is 1. The Balaban J connectivity index is 1.89. The van der Waals surface area contributed by atoms with Crippen LogP contribution < -0.4 is 0 Å². The van der Waals surface area contributed by atoms with Crippen LogP contribution in [0.1, 0.15) is 42.5 Å². The topological polar surface area (TPSA) is 20.3 Å². The Hall–Kier alpha value is -0.570. The molecule has 2 nitrogen and oxygen atoms in total. The molecule has 0 atom stereocenters. The Morgan fingerprint density at radius 3 is 2.60 bits per heavy atom. The number of carbonyl (C=O) groups excluding carboxylic acids is 1. The van der Waals surface area contributed by atoms with Gasteiger partial charge in [-0.2, -0.15) is 0 Å². The van der Waals surface area contributed by atoms with Crippen molar-refractivity contribution in [2.24, 2.45) is 5.92 Å². The van der Waals surface area contributed by atoms with Crippen LogP contribution in [0.5, 0.6) is 0 Å². The second-order valence-electron chi connectivity index (χ2n) is 5.75. The lowest BCUT2D eigenvalue weighted by Crippen LogP contribution is -2.31. The first-order valence-corrected chi connectivity index (χ1v) is 7.98. The van der Waals surface area contributed by atoms with Crippen LogP contribution in [0.25, 0.3) is 0 Å². The first-order valence-electron chi connectivity index (χ1n) is 7.23. The van der Waals surface area contributed by atoms with Crippen molar-refractivity contribution in [3.63, 3.8) is 0 Å². The lowest BCUT2D eigenvalue weighted by Gasteiger charge is -2.26. The Bertz CT molecular complexity index is 470. The van der Waals surface area contributed by atoms with Gasteiger partial charge in [0.2, 0.25) is 0 Å². The molecule has 0 heterocycles. The molecule has 0 unspecified atom stereocenters. The molecule has 0 bridgehead atoms. The highest BCUT2D eigenvalue weighted by Gasteiger charge is 2.18. The molecule has 1 saturated carbocycles. The molecule has 1 fully saturated rings. The van der Waals surface area contributed by atoms with Gasteiger partial charge in [-0.25, -0.2) is 0 Å². The Labute approximate surface area is 131 Å². The van der Waals surface area contributed by atoms with Crippen LogP contribution in [0, 0.1) is 5.92 Å². The third-order valence-electron chi connectivity index (χ3n) is 3.94. The molecule has 4 heteroatoms. The molecule has 1 aromatic rings. The van der Waals surface area contributed by atoms with Crippen LogP contribution in [0.2, 0.25) is 10.0 Å². The average molecular weight is 314 g/mol. The van der Waals surface area contributed by atoms with Gasteiger partial charge in [0.1, 0.15) is 0 Å². The van der Waals surface area contributed by atoms with Crippen molar-refractivity contribution >= 4 is 29.0 Å². The number of hydrogen-bond donors (Lipinski definition) is 0. The van der Waals surface area contributed by atoms with Gasteiger partial charge in [-0.15, -0.1) is 0 Å². The maximum absolute atomic E-state index is 12.3. The van der Waals surface area contributed by atoms with Gasteiger partial charge in [-0.1, -0.05) is 42.5 Å². The summed E-state index contributed by atoms with van der Waals surface area (Å²) >= 11 is 11.9. The molecule has 0 saturated heterocycles. The van der Waals surface area contributed by atoms with E-state index in [1.807, 2.05) is 7.05 Å². The number of rotatable bonds is 5. The predicted octanol–water partition coefficient (Wildman–Crippen LogP) is 4.69. The monoisotopic (exact) mass is 313 g/mol. The second kappa shape index (κ2) is 7.44. The van der Waals surface area contributed by atoms with Crippen molar-refractivity contribution in [2.45, 2.75) is 32.1 Å². The van der Waals surface area contributed by atoms with E-state index in [4.69, 9.17) is 23.2 Å². The molecule has 20 heavy (non-hydrogen) atoms. The summed E-state index contributed by atoms with van der Waals surface area (Å²) < 4.78 is 0. The van der Waals surface area contributed by atoms with E-state index in [1.165, 1.54) is 32.1 Å². The molecular formula is C16H21Cl2NO. The standard InChI is InChI=1S/C16H21Cl2NO/c1-19(10-12-5-3-2-4-6-12)11-16(20)14-8-7-13(17)9-15(14)18/h7-9,12H,2-6,10-11H2,1H3. The zero-order valence-corrected chi connectivity index (χ0v) is 13.4. The van der Waals surface area contributed by atoms with Gasteiger partial charge in [0.05, 0.1) is 11.6 Å². The molecule has 0 radical (unpaired) electrons. The molecule has 0 aliphatic heterocycles. The summed E-state index contributed by atoms with van der Waals surface area (Å²) in [6.45, 7) is 1.41. The zero-order valence-electron chi connectivity index (χ0n) is 11.9. The van der Waals surface area contributed by atoms with E-state index in [1.54, 1.807) is 18.2 Å². The molecular weight excluding hydrogens is 293 g/mol. The quantitative estimate of drug-likeness (QED) is 0.735. The SMILES string of the molecule is CN(CC(=O)c1ccc(Cl)cc1Cl)CC1CCCCC1. The molecule has 0 amide bonds. The first-order chi connectivity index (χ1) is 9.56.